The predicted octanol–water partition coefficient (Wildman–Crippen LogP) is 4.44. The Balaban J connectivity index is 1.58. The standard InChI is InChI=1S/C24H34N2O2S/c1-5-6-20-9-13-23(14-10-20)29(27,28)26-17-15-25(16-18-26)19-21-7-11-22(12-8-21)24(2,3)4/h7-14H,5-6,15-19H2,1-4H3. The van der Waals surface area contributed by atoms with Crippen molar-refractivity contribution in [3.63, 3.8) is 0 Å². The smallest absolute Gasteiger partial charge is 0.243 e. The largest absolute Gasteiger partial charge is 0.296 e. The summed E-state index contributed by atoms with van der Waals surface area (Å²) in [7, 11) is -3.41. The second-order valence-corrected chi connectivity index (χ2v) is 11.0. The maximum Gasteiger partial charge on any atom is 0.243 e. The van der Waals surface area contributed by atoms with Crippen LogP contribution in [0.5, 0.6) is 0 Å². The van der Waals surface area contributed by atoms with Crippen LogP contribution >= 0.6 is 0 Å². The summed E-state index contributed by atoms with van der Waals surface area (Å²) in [4.78, 5) is 2.74. The van der Waals surface area contributed by atoms with Crippen molar-refractivity contribution in [3.05, 3.63) is 65.2 Å². The normalized spacial score (nSPS) is 16.8. The third-order valence-electron chi connectivity index (χ3n) is 5.66. The summed E-state index contributed by atoms with van der Waals surface area (Å²) >= 11 is 0. The Morgan fingerprint density at radius 1 is 0.828 bits per heavy atom. The highest BCUT2D eigenvalue weighted by molar-refractivity contribution is 7.89. The van der Waals surface area contributed by atoms with Crippen LogP contribution in [-0.4, -0.2) is 43.8 Å². The van der Waals surface area contributed by atoms with Gasteiger partial charge >= 0.3 is 0 Å². The zero-order chi connectivity index (χ0) is 21.1. The Kier molecular flexibility index (Phi) is 6.82. The highest BCUT2D eigenvalue weighted by Crippen LogP contribution is 2.23. The minimum atomic E-state index is -3.41. The van der Waals surface area contributed by atoms with Gasteiger partial charge in [-0.05, 0) is 40.7 Å². The maximum absolute atomic E-state index is 13.0. The lowest BCUT2D eigenvalue weighted by molar-refractivity contribution is 0.181. The zero-order valence-electron chi connectivity index (χ0n) is 18.2. The number of nitrogens with zero attached hydrogens (tertiary/aromatic N) is 2. The molecule has 1 aliphatic rings. The molecule has 0 spiro atoms. The Labute approximate surface area is 176 Å². The molecule has 2 aromatic rings. The second kappa shape index (κ2) is 8.99. The summed E-state index contributed by atoms with van der Waals surface area (Å²) in [6, 6.07) is 16.2. The quantitative estimate of drug-likeness (QED) is 0.701. The third-order valence-corrected chi connectivity index (χ3v) is 7.57. The lowest BCUT2D eigenvalue weighted by Gasteiger charge is -2.34. The minimum Gasteiger partial charge on any atom is -0.296 e. The van der Waals surface area contributed by atoms with Gasteiger partial charge in [0.25, 0.3) is 0 Å². The molecular weight excluding hydrogens is 380 g/mol. The fraction of sp³-hybridized carbons (Fsp3) is 0.500. The van der Waals surface area contributed by atoms with Crippen LogP contribution in [0.2, 0.25) is 0 Å². The topological polar surface area (TPSA) is 40.6 Å². The highest BCUT2D eigenvalue weighted by atomic mass is 32.2. The first-order valence-electron chi connectivity index (χ1n) is 10.6. The van der Waals surface area contributed by atoms with Crippen LogP contribution in [-0.2, 0) is 28.4 Å². The predicted molar refractivity (Wildman–Crippen MR) is 120 cm³/mol. The van der Waals surface area contributed by atoms with E-state index in [1.165, 1.54) is 16.7 Å². The van der Waals surface area contributed by atoms with E-state index < -0.39 is 10.0 Å². The molecule has 29 heavy (non-hydrogen) atoms. The van der Waals surface area contributed by atoms with Gasteiger partial charge in [-0.15, -0.1) is 0 Å². The summed E-state index contributed by atoms with van der Waals surface area (Å²) in [6.07, 6.45) is 2.04. The zero-order valence-corrected chi connectivity index (χ0v) is 19.0. The lowest BCUT2D eigenvalue weighted by Crippen LogP contribution is -2.48. The molecule has 3 rings (SSSR count). The average Bonchev–Trinajstić information content (AvgIpc) is 2.69. The summed E-state index contributed by atoms with van der Waals surface area (Å²) in [6.45, 7) is 12.3. The minimum absolute atomic E-state index is 0.160. The van der Waals surface area contributed by atoms with E-state index in [-0.39, 0.29) is 5.41 Å². The van der Waals surface area contributed by atoms with E-state index >= 15 is 0 Å². The van der Waals surface area contributed by atoms with Crippen LogP contribution in [0, 0.1) is 0 Å². The number of benzene rings is 2. The number of aryl methyl sites for hydroxylation is 1. The maximum atomic E-state index is 13.0. The third kappa shape index (κ3) is 5.47. The monoisotopic (exact) mass is 414 g/mol. The van der Waals surface area contributed by atoms with Gasteiger partial charge in [-0.25, -0.2) is 8.42 Å². The molecule has 158 valence electrons. The fourth-order valence-electron chi connectivity index (χ4n) is 3.76. The second-order valence-electron chi connectivity index (χ2n) is 9.02. The van der Waals surface area contributed by atoms with Crippen molar-refractivity contribution in [2.75, 3.05) is 26.2 Å². The molecule has 0 radical (unpaired) electrons. The van der Waals surface area contributed by atoms with Crippen LogP contribution in [0.1, 0.15) is 50.8 Å². The molecule has 0 aliphatic carbocycles. The van der Waals surface area contributed by atoms with E-state index in [0.717, 1.165) is 32.5 Å². The van der Waals surface area contributed by atoms with Gasteiger partial charge < -0.3 is 0 Å². The van der Waals surface area contributed by atoms with E-state index in [1.807, 2.05) is 12.1 Å². The Hall–Kier alpha value is -1.69. The molecule has 0 amide bonds. The van der Waals surface area contributed by atoms with Gasteiger partial charge in [0.1, 0.15) is 0 Å². The van der Waals surface area contributed by atoms with Gasteiger partial charge in [-0.3, -0.25) is 4.90 Å². The van der Waals surface area contributed by atoms with Gasteiger partial charge in [0, 0.05) is 32.7 Å². The molecule has 2 aromatic carbocycles. The summed E-state index contributed by atoms with van der Waals surface area (Å²) in [5.74, 6) is 0. The Morgan fingerprint density at radius 2 is 1.38 bits per heavy atom. The average molecular weight is 415 g/mol. The molecule has 0 aromatic heterocycles. The molecule has 5 heteroatoms. The van der Waals surface area contributed by atoms with Gasteiger partial charge in [0.05, 0.1) is 4.90 Å². The number of rotatable bonds is 6. The van der Waals surface area contributed by atoms with E-state index in [1.54, 1.807) is 16.4 Å². The first kappa shape index (κ1) is 22.0. The first-order valence-corrected chi connectivity index (χ1v) is 12.0. The van der Waals surface area contributed by atoms with Crippen molar-refractivity contribution in [2.45, 2.75) is 57.4 Å². The van der Waals surface area contributed by atoms with E-state index in [9.17, 15) is 8.42 Å². The van der Waals surface area contributed by atoms with E-state index in [2.05, 4.69) is 56.9 Å². The number of sulfonamides is 1. The van der Waals surface area contributed by atoms with E-state index in [0.29, 0.717) is 18.0 Å². The van der Waals surface area contributed by atoms with Crippen molar-refractivity contribution in [1.82, 2.24) is 9.21 Å². The summed E-state index contributed by atoms with van der Waals surface area (Å²) in [5.41, 5.74) is 3.96. The van der Waals surface area contributed by atoms with Crippen molar-refractivity contribution < 1.29 is 8.42 Å². The summed E-state index contributed by atoms with van der Waals surface area (Å²) in [5, 5.41) is 0. The molecule has 1 heterocycles. The van der Waals surface area contributed by atoms with Gasteiger partial charge in [-0.2, -0.15) is 4.31 Å². The van der Waals surface area contributed by atoms with Crippen molar-refractivity contribution in [2.24, 2.45) is 0 Å². The summed E-state index contributed by atoms with van der Waals surface area (Å²) < 4.78 is 27.5. The molecule has 0 bridgehead atoms. The molecule has 0 N–H and O–H groups in total. The van der Waals surface area contributed by atoms with E-state index in [4.69, 9.17) is 0 Å². The molecule has 0 unspecified atom stereocenters. The highest BCUT2D eigenvalue weighted by Gasteiger charge is 2.28. The molecular formula is C24H34N2O2S. The van der Waals surface area contributed by atoms with Crippen LogP contribution in [0.15, 0.2) is 53.4 Å². The lowest BCUT2D eigenvalue weighted by atomic mass is 9.87. The van der Waals surface area contributed by atoms with Crippen LogP contribution < -0.4 is 0 Å². The molecule has 1 saturated heterocycles. The van der Waals surface area contributed by atoms with Crippen LogP contribution in [0.25, 0.3) is 0 Å². The molecule has 1 fully saturated rings. The number of piperazine rings is 1. The molecule has 1 aliphatic heterocycles. The Morgan fingerprint density at radius 3 is 1.90 bits per heavy atom. The van der Waals surface area contributed by atoms with Crippen molar-refractivity contribution in [3.8, 4) is 0 Å². The van der Waals surface area contributed by atoms with Crippen LogP contribution in [0.4, 0.5) is 0 Å². The molecule has 0 atom stereocenters. The van der Waals surface area contributed by atoms with Crippen molar-refractivity contribution in [1.29, 1.82) is 0 Å². The number of hydrogen-bond donors (Lipinski definition) is 0. The molecule has 4 nitrogen and oxygen atoms in total. The first-order chi connectivity index (χ1) is 13.7. The van der Waals surface area contributed by atoms with Gasteiger partial charge in [0.15, 0.2) is 0 Å². The van der Waals surface area contributed by atoms with Gasteiger partial charge in [-0.1, -0.05) is 70.5 Å². The van der Waals surface area contributed by atoms with Crippen LogP contribution in [0.3, 0.4) is 0 Å². The Bertz CT molecular complexity index is 889. The van der Waals surface area contributed by atoms with Crippen molar-refractivity contribution >= 4 is 10.0 Å². The molecule has 0 saturated carbocycles. The fourth-order valence-corrected chi connectivity index (χ4v) is 5.18. The SMILES string of the molecule is CCCc1ccc(S(=O)(=O)N2CCN(Cc3ccc(C(C)(C)C)cc3)CC2)cc1. The number of hydrogen-bond acceptors (Lipinski definition) is 3. The van der Waals surface area contributed by atoms with Gasteiger partial charge in [0.2, 0.25) is 10.0 Å².